The molecule has 124 valence electrons. The molecule has 2 aromatic heterocycles. The van der Waals surface area contributed by atoms with Gasteiger partial charge in [0.2, 0.25) is 0 Å². The first-order chi connectivity index (χ1) is 10.6. The number of aryl methyl sites for hydroxylation is 2. The van der Waals surface area contributed by atoms with Crippen LogP contribution in [0.1, 0.15) is 34.4 Å². The van der Waals surface area contributed by atoms with Crippen LogP contribution in [-0.2, 0) is 4.79 Å². The van der Waals surface area contributed by atoms with Crippen molar-refractivity contribution in [2.45, 2.75) is 33.3 Å². The molecule has 0 aliphatic heterocycles. The van der Waals surface area contributed by atoms with Gasteiger partial charge in [-0.25, -0.2) is 4.79 Å². The number of rotatable bonds is 5. The van der Waals surface area contributed by atoms with E-state index in [2.05, 4.69) is 10.5 Å². The molecule has 2 aromatic rings. The Kier molecular flexibility index (Phi) is 4.28. The van der Waals surface area contributed by atoms with Crippen LogP contribution in [0.5, 0.6) is 0 Å². The van der Waals surface area contributed by atoms with Crippen molar-refractivity contribution in [3.8, 4) is 5.82 Å². The lowest BCUT2D eigenvalue weighted by atomic mass is 10.1. The van der Waals surface area contributed by atoms with Crippen molar-refractivity contribution in [1.82, 2.24) is 15.0 Å². The number of hydrogen-bond donors (Lipinski definition) is 3. The van der Waals surface area contributed by atoms with Crippen molar-refractivity contribution in [3.63, 3.8) is 0 Å². The van der Waals surface area contributed by atoms with Crippen molar-refractivity contribution < 1.29 is 24.3 Å². The number of carboxylic acids is 1. The SMILES string of the molecule is Cc1cc(-n2c(C)cc(C(=O)NCC(C)(O)C(=O)O)c2C)no1. The molecule has 0 radical (unpaired) electrons. The molecule has 8 nitrogen and oxygen atoms in total. The first-order valence-corrected chi connectivity index (χ1v) is 7.00. The number of amides is 1. The number of aromatic nitrogens is 2. The van der Waals surface area contributed by atoms with Crippen LogP contribution >= 0.6 is 0 Å². The van der Waals surface area contributed by atoms with Crippen molar-refractivity contribution in [3.05, 3.63) is 34.8 Å². The van der Waals surface area contributed by atoms with Crippen molar-refractivity contribution >= 4 is 11.9 Å². The lowest BCUT2D eigenvalue weighted by molar-refractivity contribution is -0.155. The minimum atomic E-state index is -2.02. The maximum absolute atomic E-state index is 12.3. The molecule has 2 heterocycles. The van der Waals surface area contributed by atoms with Crippen molar-refractivity contribution in [2.24, 2.45) is 0 Å². The average Bonchev–Trinajstić information content (AvgIpc) is 2.99. The third-order valence-corrected chi connectivity index (χ3v) is 3.57. The Bertz CT molecular complexity index is 757. The van der Waals surface area contributed by atoms with Crippen LogP contribution < -0.4 is 5.32 Å². The Morgan fingerprint density at radius 1 is 1.35 bits per heavy atom. The number of nitrogens with one attached hydrogen (secondary N) is 1. The van der Waals surface area contributed by atoms with Crippen LogP contribution in [0.15, 0.2) is 16.7 Å². The minimum absolute atomic E-state index is 0.379. The molecule has 3 N–H and O–H groups in total. The van der Waals surface area contributed by atoms with Gasteiger partial charge in [0.25, 0.3) is 5.91 Å². The highest BCUT2D eigenvalue weighted by Gasteiger charge is 2.31. The Labute approximate surface area is 132 Å². The molecule has 2 rings (SSSR count). The van der Waals surface area contributed by atoms with E-state index < -0.39 is 24.0 Å². The summed E-state index contributed by atoms with van der Waals surface area (Å²) in [6, 6.07) is 3.42. The fourth-order valence-electron chi connectivity index (χ4n) is 2.23. The number of aliphatic carboxylic acids is 1. The quantitative estimate of drug-likeness (QED) is 0.755. The van der Waals surface area contributed by atoms with E-state index in [1.54, 1.807) is 30.5 Å². The average molecular weight is 321 g/mol. The molecule has 0 saturated heterocycles. The van der Waals surface area contributed by atoms with Gasteiger partial charge in [-0.1, -0.05) is 5.16 Å². The van der Waals surface area contributed by atoms with E-state index in [4.69, 9.17) is 9.63 Å². The number of carbonyl (C=O) groups excluding carboxylic acids is 1. The summed E-state index contributed by atoms with van der Waals surface area (Å²) in [5.41, 5.74) is -0.219. The van der Waals surface area contributed by atoms with Crippen molar-refractivity contribution in [1.29, 1.82) is 0 Å². The van der Waals surface area contributed by atoms with E-state index >= 15 is 0 Å². The highest BCUT2D eigenvalue weighted by atomic mass is 16.5. The zero-order valence-corrected chi connectivity index (χ0v) is 13.4. The summed E-state index contributed by atoms with van der Waals surface area (Å²) < 4.78 is 6.81. The molecule has 0 aromatic carbocycles. The first-order valence-electron chi connectivity index (χ1n) is 7.00. The van der Waals surface area contributed by atoms with E-state index in [9.17, 15) is 14.7 Å². The molecule has 1 unspecified atom stereocenters. The second kappa shape index (κ2) is 5.88. The Morgan fingerprint density at radius 3 is 2.52 bits per heavy atom. The molecule has 0 fully saturated rings. The molecule has 0 aliphatic carbocycles. The molecule has 0 aliphatic rings. The summed E-state index contributed by atoms with van der Waals surface area (Å²) in [7, 11) is 0. The molecule has 8 heteroatoms. The normalized spacial score (nSPS) is 13.6. The van der Waals surface area contributed by atoms with Crippen LogP contribution in [0.3, 0.4) is 0 Å². The summed E-state index contributed by atoms with van der Waals surface area (Å²) in [4.78, 5) is 23.1. The zero-order valence-electron chi connectivity index (χ0n) is 13.4. The van der Waals surface area contributed by atoms with Gasteiger partial charge in [-0.15, -0.1) is 0 Å². The van der Waals surface area contributed by atoms with E-state index in [1.807, 2.05) is 6.92 Å². The largest absolute Gasteiger partial charge is 0.479 e. The van der Waals surface area contributed by atoms with Gasteiger partial charge in [-0.2, -0.15) is 0 Å². The van der Waals surface area contributed by atoms with E-state index in [-0.39, 0.29) is 0 Å². The van der Waals surface area contributed by atoms with Gasteiger partial charge in [-0.05, 0) is 33.8 Å². The summed E-state index contributed by atoms with van der Waals surface area (Å²) in [5, 5.41) is 24.9. The standard InChI is InChI=1S/C15H19N3O5/c1-8-5-11(13(19)16-7-15(4,22)14(20)21)10(3)18(8)12-6-9(2)23-17-12/h5-6,22H,7H2,1-4H3,(H,16,19)(H,20,21). The number of carbonyl (C=O) groups is 2. The zero-order chi connectivity index (χ0) is 17.4. The Morgan fingerprint density at radius 2 is 2.00 bits per heavy atom. The molecular weight excluding hydrogens is 302 g/mol. The van der Waals surface area contributed by atoms with Crippen LogP contribution in [0, 0.1) is 20.8 Å². The third kappa shape index (κ3) is 3.26. The Hall–Kier alpha value is -2.61. The third-order valence-electron chi connectivity index (χ3n) is 3.57. The fourth-order valence-corrected chi connectivity index (χ4v) is 2.23. The molecule has 1 atom stereocenters. The van der Waals surface area contributed by atoms with Gasteiger partial charge < -0.3 is 20.1 Å². The maximum atomic E-state index is 12.3. The van der Waals surface area contributed by atoms with Crippen LogP contribution in [0.25, 0.3) is 5.82 Å². The molecule has 0 spiro atoms. The second-order valence-corrected chi connectivity index (χ2v) is 5.68. The van der Waals surface area contributed by atoms with Crippen LogP contribution in [0.4, 0.5) is 0 Å². The summed E-state index contributed by atoms with van der Waals surface area (Å²) >= 11 is 0. The van der Waals surface area contributed by atoms with E-state index in [1.165, 1.54) is 0 Å². The smallest absolute Gasteiger partial charge is 0.337 e. The van der Waals surface area contributed by atoms with Gasteiger partial charge >= 0.3 is 5.97 Å². The molecule has 1 amide bonds. The van der Waals surface area contributed by atoms with Gasteiger partial charge in [0.15, 0.2) is 11.4 Å². The van der Waals surface area contributed by atoms with Gasteiger partial charge in [-0.3, -0.25) is 9.36 Å². The summed E-state index contributed by atoms with van der Waals surface area (Å²) in [6.45, 7) is 6.07. The molecule has 23 heavy (non-hydrogen) atoms. The number of hydrogen-bond acceptors (Lipinski definition) is 5. The van der Waals surface area contributed by atoms with Crippen LogP contribution in [-0.4, -0.2) is 44.0 Å². The highest BCUT2D eigenvalue weighted by molar-refractivity contribution is 5.96. The lowest BCUT2D eigenvalue weighted by Gasteiger charge is -2.18. The van der Waals surface area contributed by atoms with Gasteiger partial charge in [0.05, 0.1) is 12.1 Å². The predicted octanol–water partition coefficient (Wildman–Crippen LogP) is 0.956. The minimum Gasteiger partial charge on any atom is -0.479 e. The maximum Gasteiger partial charge on any atom is 0.337 e. The first kappa shape index (κ1) is 16.8. The van der Waals surface area contributed by atoms with Gasteiger partial charge in [0.1, 0.15) is 5.76 Å². The van der Waals surface area contributed by atoms with Crippen molar-refractivity contribution in [2.75, 3.05) is 6.54 Å². The van der Waals surface area contributed by atoms with E-state index in [0.29, 0.717) is 22.8 Å². The highest BCUT2D eigenvalue weighted by Crippen LogP contribution is 2.20. The number of aliphatic hydroxyl groups is 1. The van der Waals surface area contributed by atoms with E-state index in [0.717, 1.165) is 12.6 Å². The number of carboxylic acid groups (broad SMARTS) is 1. The topological polar surface area (TPSA) is 118 Å². The van der Waals surface area contributed by atoms with Gasteiger partial charge in [0, 0.05) is 17.5 Å². The molecular formula is C15H19N3O5. The molecule has 0 bridgehead atoms. The second-order valence-electron chi connectivity index (χ2n) is 5.68. The number of nitrogens with zero attached hydrogens (tertiary/aromatic N) is 2. The molecule has 0 saturated carbocycles. The summed E-state index contributed by atoms with van der Waals surface area (Å²) in [6.07, 6.45) is 0. The monoisotopic (exact) mass is 321 g/mol. The fraction of sp³-hybridized carbons (Fsp3) is 0.400. The predicted molar refractivity (Wildman–Crippen MR) is 80.6 cm³/mol. The summed E-state index contributed by atoms with van der Waals surface area (Å²) in [5.74, 6) is -0.655. The lowest BCUT2D eigenvalue weighted by Crippen LogP contribution is -2.46. The Balaban J connectivity index is 2.24. The van der Waals surface area contributed by atoms with Crippen LogP contribution in [0.2, 0.25) is 0 Å².